The van der Waals surface area contributed by atoms with Crippen molar-refractivity contribution in [1.82, 2.24) is 9.80 Å². The molecule has 2 rings (SSSR count). The van der Waals surface area contributed by atoms with Gasteiger partial charge in [0.2, 0.25) is 0 Å². The van der Waals surface area contributed by atoms with E-state index in [1.165, 1.54) is 17.3 Å². The zero-order valence-electron chi connectivity index (χ0n) is 11.2. The Hall–Kier alpha value is -1.68. The summed E-state index contributed by atoms with van der Waals surface area (Å²) in [4.78, 5) is 16.5. The SMILES string of the molecule is CN(C)C(=O)SC1=CN(Cc2ccccc2)CC=C1. The highest BCUT2D eigenvalue weighted by Crippen LogP contribution is 2.23. The fourth-order valence-corrected chi connectivity index (χ4v) is 2.51. The first-order valence-electron chi connectivity index (χ1n) is 6.20. The van der Waals surface area contributed by atoms with Crippen molar-refractivity contribution < 1.29 is 4.79 Å². The highest BCUT2D eigenvalue weighted by Gasteiger charge is 2.11. The predicted octanol–water partition coefficient (Wildman–Crippen LogP) is 3.31. The van der Waals surface area contributed by atoms with Gasteiger partial charge in [-0.1, -0.05) is 36.4 Å². The molecule has 0 radical (unpaired) electrons. The third-order valence-electron chi connectivity index (χ3n) is 2.73. The summed E-state index contributed by atoms with van der Waals surface area (Å²) in [5, 5.41) is 0.0532. The molecule has 1 aromatic carbocycles. The zero-order chi connectivity index (χ0) is 13.7. The minimum atomic E-state index is 0.0532. The van der Waals surface area contributed by atoms with E-state index in [0.717, 1.165) is 18.0 Å². The second-order valence-electron chi connectivity index (χ2n) is 4.61. The van der Waals surface area contributed by atoms with Crippen molar-refractivity contribution in [1.29, 1.82) is 0 Å². The van der Waals surface area contributed by atoms with Crippen LogP contribution < -0.4 is 0 Å². The minimum Gasteiger partial charge on any atom is -0.368 e. The molecule has 0 unspecified atom stereocenters. The van der Waals surface area contributed by atoms with E-state index in [-0.39, 0.29) is 5.24 Å². The predicted molar refractivity (Wildman–Crippen MR) is 80.7 cm³/mol. The number of hydrogen-bond acceptors (Lipinski definition) is 3. The molecular weight excluding hydrogens is 256 g/mol. The number of carbonyl (C=O) groups excluding carboxylic acids is 1. The molecule has 1 amide bonds. The van der Waals surface area contributed by atoms with Gasteiger partial charge in [-0.2, -0.15) is 0 Å². The first-order valence-corrected chi connectivity index (χ1v) is 7.02. The number of nitrogens with zero attached hydrogens (tertiary/aromatic N) is 2. The Morgan fingerprint density at radius 1 is 1.32 bits per heavy atom. The van der Waals surface area contributed by atoms with E-state index in [4.69, 9.17) is 0 Å². The van der Waals surface area contributed by atoms with Gasteiger partial charge in [-0.3, -0.25) is 4.79 Å². The molecule has 1 aliphatic heterocycles. The summed E-state index contributed by atoms with van der Waals surface area (Å²) >= 11 is 1.26. The molecule has 0 aromatic heterocycles. The maximum absolute atomic E-state index is 11.7. The van der Waals surface area contributed by atoms with Crippen molar-refractivity contribution in [2.24, 2.45) is 0 Å². The molecule has 0 fully saturated rings. The van der Waals surface area contributed by atoms with Crippen molar-refractivity contribution in [3.8, 4) is 0 Å². The molecule has 4 heteroatoms. The van der Waals surface area contributed by atoms with Crippen LogP contribution in [0.4, 0.5) is 4.79 Å². The van der Waals surface area contributed by atoms with E-state index in [2.05, 4.69) is 29.3 Å². The van der Waals surface area contributed by atoms with Crippen LogP contribution in [0.5, 0.6) is 0 Å². The normalized spacial score (nSPS) is 14.2. The number of carbonyl (C=O) groups is 1. The van der Waals surface area contributed by atoms with Gasteiger partial charge >= 0.3 is 0 Å². The van der Waals surface area contributed by atoms with E-state index in [1.807, 2.05) is 24.3 Å². The van der Waals surface area contributed by atoms with E-state index in [0.29, 0.717) is 0 Å². The molecule has 1 aromatic rings. The van der Waals surface area contributed by atoms with Gasteiger partial charge in [0.25, 0.3) is 5.24 Å². The number of benzene rings is 1. The van der Waals surface area contributed by atoms with Gasteiger partial charge in [0.1, 0.15) is 0 Å². The van der Waals surface area contributed by atoms with Crippen LogP contribution in [0, 0.1) is 0 Å². The summed E-state index contributed by atoms with van der Waals surface area (Å²) in [5.74, 6) is 0. The average Bonchev–Trinajstić information content (AvgIpc) is 2.40. The lowest BCUT2D eigenvalue weighted by Crippen LogP contribution is -2.21. The van der Waals surface area contributed by atoms with Crippen LogP contribution in [0.25, 0.3) is 0 Å². The average molecular weight is 274 g/mol. The summed E-state index contributed by atoms with van der Waals surface area (Å²) in [7, 11) is 3.54. The van der Waals surface area contributed by atoms with Crippen LogP contribution >= 0.6 is 11.8 Å². The van der Waals surface area contributed by atoms with Crippen molar-refractivity contribution in [2.75, 3.05) is 20.6 Å². The van der Waals surface area contributed by atoms with Crippen LogP contribution in [0.3, 0.4) is 0 Å². The standard InChI is InChI=1S/C15H18N2OS/c1-16(2)15(18)19-14-9-6-10-17(12-14)11-13-7-4-3-5-8-13/h3-9,12H,10-11H2,1-2H3. The minimum absolute atomic E-state index is 0.0532. The first-order chi connectivity index (χ1) is 9.15. The summed E-state index contributed by atoms with van der Waals surface area (Å²) in [6.45, 7) is 1.75. The molecule has 0 saturated carbocycles. The number of allylic oxidation sites excluding steroid dienone is 1. The van der Waals surface area contributed by atoms with E-state index in [1.54, 1.807) is 19.0 Å². The Morgan fingerprint density at radius 2 is 2.05 bits per heavy atom. The lowest BCUT2D eigenvalue weighted by Gasteiger charge is -2.23. The molecule has 0 spiro atoms. The molecule has 0 atom stereocenters. The Balaban J connectivity index is 1.98. The molecule has 0 saturated heterocycles. The van der Waals surface area contributed by atoms with E-state index >= 15 is 0 Å². The Labute approximate surface area is 118 Å². The zero-order valence-corrected chi connectivity index (χ0v) is 12.1. The van der Waals surface area contributed by atoms with Crippen LogP contribution in [0.2, 0.25) is 0 Å². The van der Waals surface area contributed by atoms with E-state index in [9.17, 15) is 4.79 Å². The van der Waals surface area contributed by atoms with Gasteiger partial charge in [0.05, 0.1) is 0 Å². The molecular formula is C15H18N2OS. The van der Waals surface area contributed by atoms with Crippen molar-refractivity contribution in [2.45, 2.75) is 6.54 Å². The van der Waals surface area contributed by atoms with Gasteiger partial charge in [0.15, 0.2) is 0 Å². The lowest BCUT2D eigenvalue weighted by molar-refractivity contribution is 0.241. The number of rotatable bonds is 3. The number of hydrogen-bond donors (Lipinski definition) is 0. The maximum atomic E-state index is 11.7. The molecule has 3 nitrogen and oxygen atoms in total. The Kier molecular flexibility index (Phi) is 4.68. The second kappa shape index (κ2) is 6.48. The molecule has 1 aliphatic rings. The summed E-state index contributed by atoms with van der Waals surface area (Å²) in [5.41, 5.74) is 1.28. The molecule has 19 heavy (non-hydrogen) atoms. The van der Waals surface area contributed by atoms with Crippen LogP contribution in [-0.2, 0) is 6.54 Å². The van der Waals surface area contributed by atoms with Gasteiger partial charge < -0.3 is 9.80 Å². The van der Waals surface area contributed by atoms with Gasteiger partial charge in [-0.05, 0) is 23.4 Å². The highest BCUT2D eigenvalue weighted by molar-refractivity contribution is 8.17. The summed E-state index contributed by atoms with van der Waals surface area (Å²) in [6.07, 6.45) is 6.15. The van der Waals surface area contributed by atoms with Crippen molar-refractivity contribution in [3.05, 3.63) is 59.2 Å². The monoisotopic (exact) mass is 274 g/mol. The molecule has 100 valence electrons. The number of amides is 1. The molecule has 0 N–H and O–H groups in total. The number of thioether (sulfide) groups is 1. The first kappa shape index (κ1) is 13.7. The summed E-state index contributed by atoms with van der Waals surface area (Å²) in [6, 6.07) is 10.3. The Morgan fingerprint density at radius 3 is 2.74 bits per heavy atom. The topological polar surface area (TPSA) is 23.6 Å². The lowest BCUT2D eigenvalue weighted by atomic mass is 10.2. The Bertz CT molecular complexity index is 494. The fraction of sp³-hybridized carbons (Fsp3) is 0.267. The van der Waals surface area contributed by atoms with Gasteiger partial charge in [-0.25, -0.2) is 0 Å². The van der Waals surface area contributed by atoms with Gasteiger partial charge in [0, 0.05) is 38.3 Å². The van der Waals surface area contributed by atoms with Gasteiger partial charge in [-0.15, -0.1) is 0 Å². The van der Waals surface area contributed by atoms with Crippen LogP contribution in [0.15, 0.2) is 53.6 Å². The van der Waals surface area contributed by atoms with Crippen molar-refractivity contribution >= 4 is 17.0 Å². The third kappa shape index (κ3) is 4.17. The second-order valence-corrected chi connectivity index (χ2v) is 5.64. The van der Waals surface area contributed by atoms with Crippen LogP contribution in [-0.4, -0.2) is 35.7 Å². The largest absolute Gasteiger partial charge is 0.368 e. The molecule has 0 aliphatic carbocycles. The molecule has 1 heterocycles. The van der Waals surface area contributed by atoms with Crippen LogP contribution in [0.1, 0.15) is 5.56 Å². The smallest absolute Gasteiger partial charge is 0.285 e. The molecule has 0 bridgehead atoms. The fourth-order valence-electron chi connectivity index (χ4n) is 1.76. The maximum Gasteiger partial charge on any atom is 0.285 e. The quantitative estimate of drug-likeness (QED) is 0.845. The third-order valence-corrected chi connectivity index (χ3v) is 3.75. The summed E-state index contributed by atoms with van der Waals surface area (Å²) < 4.78 is 0. The highest BCUT2D eigenvalue weighted by atomic mass is 32.2. The van der Waals surface area contributed by atoms with Crippen molar-refractivity contribution in [3.63, 3.8) is 0 Å². The van der Waals surface area contributed by atoms with E-state index < -0.39 is 0 Å².